The molecular formula is C25H25NO7. The van der Waals surface area contributed by atoms with Gasteiger partial charge in [0.2, 0.25) is 0 Å². The number of benzene rings is 3. The molecule has 0 saturated carbocycles. The molecule has 0 atom stereocenters. The molecule has 0 bridgehead atoms. The summed E-state index contributed by atoms with van der Waals surface area (Å²) in [6.45, 7) is 0.191. The van der Waals surface area contributed by atoms with E-state index in [0.29, 0.717) is 29.6 Å². The molecule has 3 aromatic rings. The summed E-state index contributed by atoms with van der Waals surface area (Å²) in [5, 5.41) is 2.65. The van der Waals surface area contributed by atoms with Crippen molar-refractivity contribution in [2.45, 2.75) is 6.61 Å². The lowest BCUT2D eigenvalue weighted by Crippen LogP contribution is -2.22. The van der Waals surface area contributed by atoms with Gasteiger partial charge in [-0.25, -0.2) is 4.79 Å². The van der Waals surface area contributed by atoms with E-state index in [1.54, 1.807) is 24.3 Å². The average molecular weight is 451 g/mol. The monoisotopic (exact) mass is 451 g/mol. The van der Waals surface area contributed by atoms with Crippen molar-refractivity contribution < 1.29 is 33.3 Å². The molecule has 0 unspecified atom stereocenters. The minimum atomic E-state index is -0.627. The predicted octanol–water partition coefficient (Wildman–Crippen LogP) is 4.09. The molecule has 0 heterocycles. The van der Waals surface area contributed by atoms with Gasteiger partial charge in [0, 0.05) is 12.1 Å². The molecule has 0 aromatic heterocycles. The number of carbonyl (C=O) groups is 2. The minimum absolute atomic E-state index is 0.128. The summed E-state index contributed by atoms with van der Waals surface area (Å²) in [6.07, 6.45) is 0. The zero-order valence-corrected chi connectivity index (χ0v) is 18.6. The number of ether oxygens (including phenoxy) is 5. The first-order valence-corrected chi connectivity index (χ1v) is 10.1. The van der Waals surface area contributed by atoms with Crippen LogP contribution in [0.2, 0.25) is 0 Å². The summed E-state index contributed by atoms with van der Waals surface area (Å²) in [4.78, 5) is 24.6. The van der Waals surface area contributed by atoms with E-state index in [4.69, 9.17) is 23.7 Å². The van der Waals surface area contributed by atoms with E-state index in [1.165, 1.54) is 33.5 Å². The number of rotatable bonds is 10. The minimum Gasteiger partial charge on any atom is -0.493 e. The van der Waals surface area contributed by atoms with Gasteiger partial charge in [0.25, 0.3) is 5.91 Å². The zero-order chi connectivity index (χ0) is 23.6. The lowest BCUT2D eigenvalue weighted by atomic mass is 10.1. The number of methoxy groups -OCH3 is 3. The van der Waals surface area contributed by atoms with E-state index in [-0.39, 0.29) is 17.9 Å². The topological polar surface area (TPSA) is 92.3 Å². The molecular weight excluding hydrogens is 426 g/mol. The molecule has 0 fully saturated rings. The van der Waals surface area contributed by atoms with Crippen LogP contribution in [0.15, 0.2) is 66.7 Å². The van der Waals surface area contributed by atoms with Gasteiger partial charge in [0.15, 0.2) is 18.1 Å². The molecule has 172 valence electrons. The van der Waals surface area contributed by atoms with E-state index in [9.17, 15) is 9.59 Å². The molecule has 0 saturated heterocycles. The summed E-state index contributed by atoms with van der Waals surface area (Å²) in [5.74, 6) is 0.783. The lowest BCUT2D eigenvalue weighted by molar-refractivity contribution is -0.118. The molecule has 8 nitrogen and oxygen atoms in total. The number of esters is 1. The lowest BCUT2D eigenvalue weighted by Gasteiger charge is -2.15. The fourth-order valence-corrected chi connectivity index (χ4v) is 2.97. The summed E-state index contributed by atoms with van der Waals surface area (Å²) < 4.78 is 26.5. The highest BCUT2D eigenvalue weighted by Gasteiger charge is 2.19. The highest BCUT2D eigenvalue weighted by molar-refractivity contribution is 6.02. The molecule has 1 N–H and O–H groups in total. The maximum atomic E-state index is 12.4. The summed E-state index contributed by atoms with van der Waals surface area (Å²) in [5.41, 5.74) is 1.41. The predicted molar refractivity (Wildman–Crippen MR) is 122 cm³/mol. The van der Waals surface area contributed by atoms with E-state index >= 15 is 0 Å². The Morgan fingerprint density at radius 3 is 2.00 bits per heavy atom. The second kappa shape index (κ2) is 11.4. The van der Waals surface area contributed by atoms with Crippen LogP contribution in [0.5, 0.6) is 23.0 Å². The molecule has 0 spiro atoms. The van der Waals surface area contributed by atoms with Crippen LogP contribution in [0.3, 0.4) is 0 Å². The third-order valence-electron chi connectivity index (χ3n) is 4.65. The normalized spacial score (nSPS) is 10.2. The van der Waals surface area contributed by atoms with Crippen LogP contribution in [0.25, 0.3) is 0 Å². The molecule has 33 heavy (non-hydrogen) atoms. The maximum absolute atomic E-state index is 12.4. The van der Waals surface area contributed by atoms with Crippen LogP contribution in [0.4, 0.5) is 5.69 Å². The zero-order valence-electron chi connectivity index (χ0n) is 18.6. The molecule has 3 rings (SSSR count). The number of carbonyl (C=O) groups excluding carboxylic acids is 2. The summed E-state index contributed by atoms with van der Waals surface area (Å²) in [7, 11) is 4.15. The van der Waals surface area contributed by atoms with Crippen LogP contribution >= 0.6 is 0 Å². The number of amides is 1. The second-order valence-corrected chi connectivity index (χ2v) is 6.83. The molecule has 0 aliphatic heterocycles. The van der Waals surface area contributed by atoms with Crippen LogP contribution in [-0.4, -0.2) is 39.8 Å². The molecule has 0 aliphatic rings. The second-order valence-electron chi connectivity index (χ2n) is 6.83. The van der Waals surface area contributed by atoms with Gasteiger partial charge in [-0.15, -0.1) is 0 Å². The molecule has 1 amide bonds. The molecule has 8 heteroatoms. The first-order chi connectivity index (χ1) is 16.0. The van der Waals surface area contributed by atoms with Crippen molar-refractivity contribution in [2.75, 3.05) is 33.3 Å². The van der Waals surface area contributed by atoms with Crippen LogP contribution in [-0.2, 0) is 16.1 Å². The number of hydrogen-bond donors (Lipinski definition) is 1. The smallest absolute Gasteiger partial charge is 0.340 e. The molecule has 3 aromatic carbocycles. The van der Waals surface area contributed by atoms with Gasteiger partial charge < -0.3 is 29.0 Å². The Morgan fingerprint density at radius 2 is 1.39 bits per heavy atom. The SMILES string of the molecule is COC(=O)c1cc(OC)c(OC)cc1NC(=O)COc1ccc(OCc2ccccc2)cc1. The van der Waals surface area contributed by atoms with Gasteiger partial charge in [0.1, 0.15) is 18.1 Å². The van der Waals surface area contributed by atoms with Gasteiger partial charge in [-0.3, -0.25) is 4.79 Å². The van der Waals surface area contributed by atoms with Gasteiger partial charge in [-0.2, -0.15) is 0 Å². The van der Waals surface area contributed by atoms with Crippen molar-refractivity contribution in [3.8, 4) is 23.0 Å². The average Bonchev–Trinajstić information content (AvgIpc) is 2.86. The first kappa shape index (κ1) is 23.5. The Balaban J connectivity index is 1.59. The summed E-state index contributed by atoms with van der Waals surface area (Å²) in [6, 6.07) is 19.7. The van der Waals surface area contributed by atoms with Crippen molar-refractivity contribution in [3.63, 3.8) is 0 Å². The Kier molecular flexibility index (Phi) is 8.13. The standard InChI is InChI=1S/C25H25NO7/c1-29-22-13-20(25(28)31-3)21(14-23(22)30-2)26-24(27)16-33-19-11-9-18(10-12-19)32-15-17-7-5-4-6-8-17/h4-14H,15-16H2,1-3H3,(H,26,27). The summed E-state index contributed by atoms with van der Waals surface area (Å²) >= 11 is 0. The van der Waals surface area contributed by atoms with E-state index < -0.39 is 11.9 Å². The highest BCUT2D eigenvalue weighted by Crippen LogP contribution is 2.33. The van der Waals surface area contributed by atoms with E-state index in [2.05, 4.69) is 5.32 Å². The van der Waals surface area contributed by atoms with Crippen molar-refractivity contribution in [1.29, 1.82) is 0 Å². The third kappa shape index (κ3) is 6.39. The third-order valence-corrected chi connectivity index (χ3v) is 4.65. The van der Waals surface area contributed by atoms with Crippen LogP contribution in [0.1, 0.15) is 15.9 Å². The van der Waals surface area contributed by atoms with Crippen molar-refractivity contribution in [1.82, 2.24) is 0 Å². The van der Waals surface area contributed by atoms with Gasteiger partial charge >= 0.3 is 5.97 Å². The maximum Gasteiger partial charge on any atom is 0.340 e. The Labute approximate surface area is 192 Å². The highest BCUT2D eigenvalue weighted by atomic mass is 16.5. The number of anilines is 1. The quantitative estimate of drug-likeness (QED) is 0.464. The molecule has 0 radical (unpaired) electrons. The van der Waals surface area contributed by atoms with Gasteiger partial charge in [-0.05, 0) is 29.8 Å². The van der Waals surface area contributed by atoms with E-state index in [0.717, 1.165) is 5.56 Å². The molecule has 0 aliphatic carbocycles. The largest absolute Gasteiger partial charge is 0.493 e. The Bertz CT molecular complexity index is 1080. The first-order valence-electron chi connectivity index (χ1n) is 10.1. The van der Waals surface area contributed by atoms with Gasteiger partial charge in [0.05, 0.1) is 32.6 Å². The number of hydrogen-bond acceptors (Lipinski definition) is 7. The fourth-order valence-electron chi connectivity index (χ4n) is 2.97. The number of nitrogens with one attached hydrogen (secondary N) is 1. The van der Waals surface area contributed by atoms with Crippen molar-refractivity contribution in [3.05, 3.63) is 77.9 Å². The van der Waals surface area contributed by atoms with Gasteiger partial charge in [-0.1, -0.05) is 30.3 Å². The Hall–Kier alpha value is -4.20. The van der Waals surface area contributed by atoms with Crippen LogP contribution in [0, 0.1) is 0 Å². The fraction of sp³-hybridized carbons (Fsp3) is 0.200. The Morgan fingerprint density at radius 1 is 0.788 bits per heavy atom. The van der Waals surface area contributed by atoms with Crippen LogP contribution < -0.4 is 24.3 Å². The van der Waals surface area contributed by atoms with E-state index in [1.807, 2.05) is 30.3 Å². The van der Waals surface area contributed by atoms with Crippen molar-refractivity contribution >= 4 is 17.6 Å². The van der Waals surface area contributed by atoms with Crippen molar-refractivity contribution in [2.24, 2.45) is 0 Å².